The quantitative estimate of drug-likeness (QED) is 0.106. The number of fused-ring (bicyclic) bond motifs is 1. The van der Waals surface area contributed by atoms with Gasteiger partial charge in [0.25, 0.3) is 5.69 Å². The summed E-state index contributed by atoms with van der Waals surface area (Å²) in [5.74, 6) is 0.938. The average molecular weight is 562 g/mol. The van der Waals surface area contributed by atoms with Gasteiger partial charge in [-0.05, 0) is 42.3 Å². The maximum Gasteiger partial charge on any atom is 0.270 e. The standard InChI is InChI=1S/C31H27N7O4/c1-2-14-36-28(22-6-8-25(9-7-22)35-15-13-32-20-35)19-34-31(36)27(18-24-5-3-4-12-33-24)37(21-39)30-17-23-16-26(38(40)41)10-11-29(23)42-30/h3-13,15-17,19-21,27H,2,14,18H2,1H3. The fourth-order valence-corrected chi connectivity index (χ4v) is 5.13. The van der Waals surface area contributed by atoms with Gasteiger partial charge in [-0.1, -0.05) is 25.1 Å². The molecule has 0 N–H and O–H groups in total. The second-order valence-corrected chi connectivity index (χ2v) is 9.79. The number of imidazole rings is 2. The number of non-ortho nitro benzene ring substituents is 1. The Morgan fingerprint density at radius 1 is 1.07 bits per heavy atom. The van der Waals surface area contributed by atoms with E-state index in [0.717, 1.165) is 29.1 Å². The number of nitro groups is 1. The molecule has 42 heavy (non-hydrogen) atoms. The lowest BCUT2D eigenvalue weighted by Gasteiger charge is -2.27. The summed E-state index contributed by atoms with van der Waals surface area (Å²) in [5.41, 5.74) is 4.05. The van der Waals surface area contributed by atoms with Crippen LogP contribution in [0.2, 0.25) is 0 Å². The van der Waals surface area contributed by atoms with Crippen molar-refractivity contribution in [3.8, 4) is 16.9 Å². The molecule has 0 saturated heterocycles. The fourth-order valence-electron chi connectivity index (χ4n) is 5.13. The van der Waals surface area contributed by atoms with Crippen LogP contribution in [0, 0.1) is 10.1 Å². The van der Waals surface area contributed by atoms with E-state index in [9.17, 15) is 14.9 Å². The Morgan fingerprint density at radius 3 is 2.62 bits per heavy atom. The van der Waals surface area contributed by atoms with Crippen LogP contribution in [0.1, 0.15) is 30.9 Å². The van der Waals surface area contributed by atoms with Crippen LogP contribution in [0.25, 0.3) is 27.9 Å². The molecule has 1 amide bonds. The van der Waals surface area contributed by atoms with E-state index in [2.05, 4.69) is 21.5 Å². The molecule has 0 aliphatic heterocycles. The van der Waals surface area contributed by atoms with Gasteiger partial charge in [-0.2, -0.15) is 0 Å². The first-order chi connectivity index (χ1) is 20.6. The van der Waals surface area contributed by atoms with E-state index < -0.39 is 11.0 Å². The van der Waals surface area contributed by atoms with Crippen molar-refractivity contribution < 1.29 is 14.1 Å². The molecule has 6 rings (SSSR count). The highest BCUT2D eigenvalue weighted by Crippen LogP contribution is 2.35. The Hall–Kier alpha value is -5.58. The molecule has 210 valence electrons. The summed E-state index contributed by atoms with van der Waals surface area (Å²) in [5, 5.41) is 11.8. The van der Waals surface area contributed by atoms with Crippen LogP contribution in [0.4, 0.5) is 11.6 Å². The normalized spacial score (nSPS) is 11.9. The first-order valence-electron chi connectivity index (χ1n) is 13.5. The average Bonchev–Trinajstić information content (AvgIpc) is 3.78. The highest BCUT2D eigenvalue weighted by molar-refractivity contribution is 5.86. The largest absolute Gasteiger partial charge is 0.440 e. The molecule has 1 unspecified atom stereocenters. The smallest absolute Gasteiger partial charge is 0.270 e. The van der Waals surface area contributed by atoms with Crippen molar-refractivity contribution in [2.24, 2.45) is 0 Å². The van der Waals surface area contributed by atoms with Crippen LogP contribution >= 0.6 is 0 Å². The topological polar surface area (TPSA) is 125 Å². The number of furan rings is 1. The van der Waals surface area contributed by atoms with E-state index in [4.69, 9.17) is 9.40 Å². The monoisotopic (exact) mass is 561 g/mol. The van der Waals surface area contributed by atoms with Gasteiger partial charge in [0.05, 0.1) is 23.1 Å². The highest BCUT2D eigenvalue weighted by Gasteiger charge is 2.30. The van der Waals surface area contributed by atoms with Crippen LogP contribution in [0.5, 0.6) is 0 Å². The van der Waals surface area contributed by atoms with Gasteiger partial charge in [0.2, 0.25) is 12.3 Å². The number of rotatable bonds is 11. The molecule has 0 fully saturated rings. The maximum atomic E-state index is 12.8. The fraction of sp³-hybridized carbons (Fsp3) is 0.161. The third kappa shape index (κ3) is 5.15. The molecular formula is C31H27N7O4. The second kappa shape index (κ2) is 11.5. The lowest BCUT2D eigenvalue weighted by Crippen LogP contribution is -2.31. The minimum absolute atomic E-state index is 0.0558. The molecule has 4 heterocycles. The Labute approximate surface area is 240 Å². The summed E-state index contributed by atoms with van der Waals surface area (Å²) in [6.07, 6.45) is 10.8. The van der Waals surface area contributed by atoms with Gasteiger partial charge >= 0.3 is 0 Å². The van der Waals surface area contributed by atoms with Crippen LogP contribution in [-0.2, 0) is 17.8 Å². The van der Waals surface area contributed by atoms with E-state index in [1.165, 1.54) is 23.1 Å². The van der Waals surface area contributed by atoms with Gasteiger partial charge in [-0.3, -0.25) is 24.8 Å². The number of aromatic nitrogens is 5. The number of anilines is 1. The van der Waals surface area contributed by atoms with Crippen LogP contribution in [0.15, 0.2) is 102 Å². The Bertz CT molecular complexity index is 1830. The molecule has 1 atom stereocenters. The van der Waals surface area contributed by atoms with Crippen LogP contribution in [0.3, 0.4) is 0 Å². The molecular weight excluding hydrogens is 534 g/mol. The Kier molecular flexibility index (Phi) is 7.29. The summed E-state index contributed by atoms with van der Waals surface area (Å²) in [7, 11) is 0. The molecule has 6 aromatic rings. The van der Waals surface area contributed by atoms with Crippen molar-refractivity contribution in [1.82, 2.24) is 24.1 Å². The number of pyridine rings is 1. The van der Waals surface area contributed by atoms with Gasteiger partial charge in [0.15, 0.2) is 0 Å². The van der Waals surface area contributed by atoms with E-state index in [1.807, 2.05) is 59.4 Å². The number of hydrogen-bond acceptors (Lipinski definition) is 7. The maximum absolute atomic E-state index is 12.8. The van der Waals surface area contributed by atoms with Crippen molar-refractivity contribution in [2.45, 2.75) is 32.4 Å². The zero-order valence-electron chi connectivity index (χ0n) is 22.8. The van der Waals surface area contributed by atoms with Gasteiger partial charge in [-0.25, -0.2) is 9.97 Å². The molecule has 2 aromatic carbocycles. The Morgan fingerprint density at radius 2 is 1.93 bits per heavy atom. The lowest BCUT2D eigenvalue weighted by atomic mass is 10.1. The van der Waals surface area contributed by atoms with E-state index in [1.54, 1.807) is 24.8 Å². The molecule has 4 aromatic heterocycles. The van der Waals surface area contributed by atoms with E-state index >= 15 is 0 Å². The van der Waals surface area contributed by atoms with Gasteiger partial charge in [0, 0.05) is 66.5 Å². The van der Waals surface area contributed by atoms with Gasteiger partial charge in [-0.15, -0.1) is 0 Å². The summed E-state index contributed by atoms with van der Waals surface area (Å²) >= 11 is 0. The van der Waals surface area contributed by atoms with Gasteiger partial charge < -0.3 is 13.6 Å². The molecule has 0 aliphatic rings. The van der Waals surface area contributed by atoms with E-state index in [0.29, 0.717) is 36.2 Å². The third-order valence-corrected chi connectivity index (χ3v) is 7.13. The summed E-state index contributed by atoms with van der Waals surface area (Å²) in [6, 6.07) is 19.2. The number of carbonyl (C=O) groups is 1. The molecule has 11 nitrogen and oxygen atoms in total. The second-order valence-electron chi connectivity index (χ2n) is 9.79. The first kappa shape index (κ1) is 26.6. The molecule has 0 saturated carbocycles. The number of nitrogens with zero attached hydrogens (tertiary/aromatic N) is 7. The molecule has 11 heteroatoms. The van der Waals surface area contributed by atoms with Crippen molar-refractivity contribution in [3.63, 3.8) is 0 Å². The number of carbonyl (C=O) groups excluding carboxylic acids is 1. The highest BCUT2D eigenvalue weighted by atomic mass is 16.6. The predicted molar refractivity (Wildman–Crippen MR) is 157 cm³/mol. The predicted octanol–water partition coefficient (Wildman–Crippen LogP) is 6.14. The minimum Gasteiger partial charge on any atom is -0.440 e. The lowest BCUT2D eigenvalue weighted by molar-refractivity contribution is -0.384. The number of nitro benzene ring substituents is 1. The first-order valence-corrected chi connectivity index (χ1v) is 13.5. The molecule has 0 spiro atoms. The minimum atomic E-state index is -0.571. The number of hydrogen-bond donors (Lipinski definition) is 0. The van der Waals surface area contributed by atoms with Crippen LogP contribution in [-0.4, -0.2) is 35.4 Å². The van der Waals surface area contributed by atoms with Crippen molar-refractivity contribution >= 4 is 29.0 Å². The summed E-state index contributed by atoms with van der Waals surface area (Å²) in [4.78, 5) is 38.6. The van der Waals surface area contributed by atoms with E-state index in [-0.39, 0.29) is 11.6 Å². The van der Waals surface area contributed by atoms with Gasteiger partial charge in [0.1, 0.15) is 17.4 Å². The molecule has 0 bridgehead atoms. The van der Waals surface area contributed by atoms with Crippen LogP contribution < -0.4 is 4.90 Å². The third-order valence-electron chi connectivity index (χ3n) is 7.13. The summed E-state index contributed by atoms with van der Waals surface area (Å²) in [6.45, 7) is 2.76. The van der Waals surface area contributed by atoms with Crippen molar-refractivity contribution in [2.75, 3.05) is 4.90 Å². The SMILES string of the molecule is CCCn1c(-c2ccc(-n3ccnc3)cc2)cnc1C(Cc1ccccn1)N(C=O)c1cc2cc([N+](=O)[O-])ccc2o1. The van der Waals surface area contributed by atoms with Crippen molar-refractivity contribution in [3.05, 3.63) is 119 Å². The van der Waals surface area contributed by atoms with Crippen molar-refractivity contribution in [1.29, 1.82) is 0 Å². The molecule has 0 aliphatic carbocycles. The summed E-state index contributed by atoms with van der Waals surface area (Å²) < 4.78 is 10.1. The number of benzene rings is 2. The Balaban J connectivity index is 1.44. The zero-order valence-corrected chi connectivity index (χ0v) is 22.8. The molecule has 0 radical (unpaired) electrons. The zero-order chi connectivity index (χ0) is 29.1. The number of amides is 1.